The van der Waals surface area contributed by atoms with E-state index in [1.807, 2.05) is 66.7 Å². The van der Waals surface area contributed by atoms with Gasteiger partial charge in [-0.05, 0) is 47.3 Å². The summed E-state index contributed by atoms with van der Waals surface area (Å²) >= 11 is 0. The van der Waals surface area contributed by atoms with E-state index in [4.69, 9.17) is 4.98 Å². The molecule has 0 bridgehead atoms. The number of nitrogens with one attached hydrogen (secondary N) is 2. The first-order valence-electron chi connectivity index (χ1n) is 10.5. The minimum absolute atomic E-state index is 0.0323. The van der Waals surface area contributed by atoms with Crippen molar-refractivity contribution in [1.29, 1.82) is 0 Å². The molecule has 5 rings (SSSR count). The summed E-state index contributed by atoms with van der Waals surface area (Å²) in [7, 11) is 1.74. The second-order valence-electron chi connectivity index (χ2n) is 7.85. The van der Waals surface area contributed by atoms with Gasteiger partial charge in [-0.15, -0.1) is 0 Å². The molecule has 0 spiro atoms. The number of carbonyl (C=O) groups is 1. The maximum atomic E-state index is 12.3. The lowest BCUT2D eigenvalue weighted by molar-refractivity contribution is -0.114. The molecule has 1 amide bonds. The smallest absolute Gasteiger partial charge is 0.258 e. The molecule has 0 aliphatic rings. The number of para-hydroxylation sites is 1. The molecular weight excluding hydrogens is 414 g/mol. The fourth-order valence-corrected chi connectivity index (χ4v) is 3.84. The molecule has 2 heterocycles. The van der Waals surface area contributed by atoms with Crippen molar-refractivity contribution in [2.24, 2.45) is 7.05 Å². The van der Waals surface area contributed by atoms with E-state index in [0.717, 1.165) is 38.8 Å². The number of rotatable bonds is 4. The van der Waals surface area contributed by atoms with Gasteiger partial charge in [0, 0.05) is 54.1 Å². The van der Waals surface area contributed by atoms with Crippen LogP contribution in [0.15, 0.2) is 83.9 Å². The van der Waals surface area contributed by atoms with Crippen molar-refractivity contribution in [2.75, 3.05) is 10.6 Å². The summed E-state index contributed by atoms with van der Waals surface area (Å²) < 4.78 is 1.56. The van der Waals surface area contributed by atoms with Crippen LogP contribution >= 0.6 is 0 Å². The van der Waals surface area contributed by atoms with Gasteiger partial charge in [-0.1, -0.05) is 30.3 Å². The van der Waals surface area contributed by atoms with Crippen molar-refractivity contribution in [3.05, 3.63) is 89.5 Å². The number of carbonyl (C=O) groups excluding carboxylic acids is 1. The molecule has 162 valence electrons. The molecule has 3 aromatic carbocycles. The molecule has 0 unspecified atom stereocenters. The van der Waals surface area contributed by atoms with Gasteiger partial charge in [0.25, 0.3) is 5.56 Å². The van der Waals surface area contributed by atoms with Crippen LogP contribution in [0.4, 0.5) is 17.3 Å². The van der Waals surface area contributed by atoms with E-state index in [1.165, 1.54) is 6.92 Å². The Hall–Kier alpha value is -4.52. The van der Waals surface area contributed by atoms with Gasteiger partial charge in [0.05, 0.1) is 5.52 Å². The van der Waals surface area contributed by atoms with Crippen LogP contribution in [0.5, 0.6) is 0 Å². The van der Waals surface area contributed by atoms with Crippen LogP contribution in [-0.2, 0) is 11.8 Å². The fraction of sp³-hybridized carbons (Fsp3) is 0.0769. The van der Waals surface area contributed by atoms with Crippen molar-refractivity contribution < 1.29 is 4.79 Å². The summed E-state index contributed by atoms with van der Waals surface area (Å²) in [4.78, 5) is 32.8. The highest BCUT2D eigenvalue weighted by Gasteiger charge is 2.09. The number of fused-ring (bicyclic) bond motifs is 2. The largest absolute Gasteiger partial charge is 0.326 e. The lowest BCUT2D eigenvalue weighted by atomic mass is 10.0. The Morgan fingerprint density at radius 3 is 2.52 bits per heavy atom. The first-order valence-corrected chi connectivity index (χ1v) is 10.5. The Bertz CT molecular complexity index is 1570. The van der Waals surface area contributed by atoms with E-state index in [0.29, 0.717) is 11.3 Å². The molecule has 0 atom stereocenters. The number of nitrogens with zero attached hydrogens (tertiary/aromatic N) is 3. The number of aromatic nitrogens is 3. The molecule has 0 saturated carbocycles. The van der Waals surface area contributed by atoms with Gasteiger partial charge >= 0.3 is 0 Å². The maximum Gasteiger partial charge on any atom is 0.258 e. The van der Waals surface area contributed by atoms with Gasteiger partial charge in [-0.25, -0.2) is 9.97 Å². The lowest BCUT2D eigenvalue weighted by Gasteiger charge is -2.10. The predicted molar refractivity (Wildman–Crippen MR) is 132 cm³/mol. The van der Waals surface area contributed by atoms with Gasteiger partial charge in [-0.2, -0.15) is 0 Å². The Morgan fingerprint density at radius 1 is 0.939 bits per heavy atom. The molecule has 0 saturated heterocycles. The number of anilines is 3. The van der Waals surface area contributed by atoms with Crippen molar-refractivity contribution >= 4 is 44.9 Å². The van der Waals surface area contributed by atoms with E-state index >= 15 is 0 Å². The number of hydrogen-bond donors (Lipinski definition) is 2. The van der Waals surface area contributed by atoms with E-state index < -0.39 is 0 Å². The van der Waals surface area contributed by atoms with Crippen LogP contribution in [0, 0.1) is 0 Å². The van der Waals surface area contributed by atoms with Crippen LogP contribution in [-0.4, -0.2) is 20.4 Å². The van der Waals surface area contributed by atoms with Gasteiger partial charge < -0.3 is 15.2 Å². The number of benzene rings is 3. The highest BCUT2D eigenvalue weighted by molar-refractivity contribution is 5.95. The molecule has 0 aliphatic heterocycles. The SMILES string of the molecule is CC(=O)Nc1ccc(-c2cccc3cnc(Nc4ccc5c(=O)n(C)ccc5c4)nc23)cc1. The minimum Gasteiger partial charge on any atom is -0.326 e. The average molecular weight is 435 g/mol. The maximum absolute atomic E-state index is 12.3. The van der Waals surface area contributed by atoms with Crippen molar-refractivity contribution in [3.63, 3.8) is 0 Å². The Labute approximate surface area is 189 Å². The minimum atomic E-state index is -0.106. The number of pyridine rings is 1. The van der Waals surface area contributed by atoms with Crippen LogP contribution in [0.1, 0.15) is 6.92 Å². The van der Waals surface area contributed by atoms with E-state index in [1.54, 1.807) is 24.0 Å². The zero-order chi connectivity index (χ0) is 22.9. The molecule has 0 aliphatic carbocycles. The quantitative estimate of drug-likeness (QED) is 0.421. The van der Waals surface area contributed by atoms with Gasteiger partial charge in [0.2, 0.25) is 11.9 Å². The normalized spacial score (nSPS) is 11.0. The summed E-state index contributed by atoms with van der Waals surface area (Å²) in [6.07, 6.45) is 3.54. The Balaban J connectivity index is 1.50. The summed E-state index contributed by atoms with van der Waals surface area (Å²) in [6.45, 7) is 1.49. The number of amides is 1. The topological polar surface area (TPSA) is 88.9 Å². The van der Waals surface area contributed by atoms with Crippen molar-refractivity contribution in [1.82, 2.24) is 14.5 Å². The number of aryl methyl sites for hydroxylation is 1. The van der Waals surface area contributed by atoms with Crippen molar-refractivity contribution in [3.8, 4) is 11.1 Å². The fourth-order valence-electron chi connectivity index (χ4n) is 3.84. The third kappa shape index (κ3) is 4.04. The lowest BCUT2D eigenvalue weighted by Crippen LogP contribution is -2.15. The third-order valence-corrected chi connectivity index (χ3v) is 5.46. The molecule has 33 heavy (non-hydrogen) atoms. The monoisotopic (exact) mass is 435 g/mol. The Morgan fingerprint density at radius 2 is 1.73 bits per heavy atom. The second kappa shape index (κ2) is 8.20. The highest BCUT2D eigenvalue weighted by atomic mass is 16.1. The van der Waals surface area contributed by atoms with Crippen LogP contribution in [0.2, 0.25) is 0 Å². The van der Waals surface area contributed by atoms with E-state index in [2.05, 4.69) is 15.6 Å². The zero-order valence-corrected chi connectivity index (χ0v) is 18.2. The van der Waals surface area contributed by atoms with Gasteiger partial charge in [0.15, 0.2) is 0 Å². The molecule has 2 N–H and O–H groups in total. The van der Waals surface area contributed by atoms with Crippen LogP contribution < -0.4 is 16.2 Å². The molecule has 7 nitrogen and oxygen atoms in total. The molecular formula is C26H21N5O2. The van der Waals surface area contributed by atoms with Crippen LogP contribution in [0.3, 0.4) is 0 Å². The number of hydrogen-bond acceptors (Lipinski definition) is 5. The van der Waals surface area contributed by atoms with E-state index in [-0.39, 0.29) is 11.5 Å². The van der Waals surface area contributed by atoms with Crippen LogP contribution in [0.25, 0.3) is 32.8 Å². The molecule has 0 fully saturated rings. The van der Waals surface area contributed by atoms with Gasteiger partial charge in [-0.3, -0.25) is 9.59 Å². The predicted octanol–water partition coefficient (Wildman–Crippen LogP) is 4.85. The Kier molecular flexibility index (Phi) is 5.06. The highest BCUT2D eigenvalue weighted by Crippen LogP contribution is 2.29. The third-order valence-electron chi connectivity index (χ3n) is 5.46. The summed E-state index contributed by atoms with van der Waals surface area (Å²) in [5.41, 5.74) is 4.28. The summed E-state index contributed by atoms with van der Waals surface area (Å²) in [6, 6.07) is 21.1. The molecule has 5 aromatic rings. The molecule has 0 radical (unpaired) electrons. The first kappa shape index (κ1) is 20.4. The molecule has 7 heteroatoms. The summed E-state index contributed by atoms with van der Waals surface area (Å²) in [5, 5.41) is 8.47. The standard InChI is InChI=1S/C26H21N5O2/c1-16(32)28-20-8-6-17(7-9-20)22-5-3-4-19-15-27-26(30-24(19)22)29-21-10-11-23-18(14-21)12-13-31(2)25(23)33/h3-15H,1-2H3,(H,28,32)(H,27,29,30). The first-order chi connectivity index (χ1) is 16.0. The molecule has 2 aromatic heterocycles. The summed E-state index contributed by atoms with van der Waals surface area (Å²) in [5.74, 6) is 0.360. The average Bonchev–Trinajstić information content (AvgIpc) is 2.81. The van der Waals surface area contributed by atoms with Crippen molar-refractivity contribution in [2.45, 2.75) is 6.92 Å². The second-order valence-corrected chi connectivity index (χ2v) is 7.85. The van der Waals surface area contributed by atoms with Gasteiger partial charge in [0.1, 0.15) is 0 Å². The zero-order valence-electron chi connectivity index (χ0n) is 18.2. The van der Waals surface area contributed by atoms with E-state index in [9.17, 15) is 9.59 Å².